The number of carbonyl (C=O) groups excluding carboxylic acids is 2. The second-order valence-electron chi connectivity index (χ2n) is 6.75. The maximum Gasteiger partial charge on any atom is 0.279 e. The summed E-state index contributed by atoms with van der Waals surface area (Å²) >= 11 is 1.41. The van der Waals surface area contributed by atoms with Gasteiger partial charge in [-0.3, -0.25) is 9.59 Å². The molecule has 8 heteroatoms. The number of nitrogens with one attached hydrogen (secondary N) is 1. The molecule has 0 bridgehead atoms. The zero-order chi connectivity index (χ0) is 21.0. The van der Waals surface area contributed by atoms with Crippen LogP contribution in [-0.2, 0) is 16.1 Å². The third-order valence-electron chi connectivity index (χ3n) is 4.35. The quantitative estimate of drug-likeness (QED) is 0.675. The molecule has 29 heavy (non-hydrogen) atoms. The monoisotopic (exact) mass is 412 g/mol. The number of thiazole rings is 1. The van der Waals surface area contributed by atoms with E-state index in [0.29, 0.717) is 29.2 Å². The highest BCUT2D eigenvalue weighted by Crippen LogP contribution is 2.22. The Morgan fingerprint density at radius 2 is 1.90 bits per heavy atom. The Morgan fingerprint density at radius 3 is 2.52 bits per heavy atom. The summed E-state index contributed by atoms with van der Waals surface area (Å²) in [6.45, 7) is 2.54. The zero-order valence-electron chi connectivity index (χ0n) is 16.9. The van der Waals surface area contributed by atoms with Gasteiger partial charge in [0.2, 0.25) is 5.91 Å². The number of fused-ring (bicyclic) bond motifs is 1. The lowest BCUT2D eigenvalue weighted by molar-refractivity contribution is -0.114. The van der Waals surface area contributed by atoms with E-state index >= 15 is 0 Å². The summed E-state index contributed by atoms with van der Waals surface area (Å²) < 4.78 is 8.11. The number of hydrogen-bond donors (Lipinski definition) is 1. The minimum absolute atomic E-state index is 0.130. The second kappa shape index (κ2) is 9.02. The first kappa shape index (κ1) is 20.8. The summed E-state index contributed by atoms with van der Waals surface area (Å²) in [4.78, 5) is 31.0. The van der Waals surface area contributed by atoms with Crippen LogP contribution >= 0.6 is 11.3 Å². The summed E-state index contributed by atoms with van der Waals surface area (Å²) in [7, 11) is 5.54. The Bertz CT molecular complexity index is 1100. The highest BCUT2D eigenvalue weighted by Gasteiger charge is 2.11. The van der Waals surface area contributed by atoms with E-state index in [1.165, 1.54) is 18.3 Å². The average Bonchev–Trinajstić information content (AvgIpc) is 3.02. The van der Waals surface area contributed by atoms with Crippen LogP contribution in [0.5, 0.6) is 0 Å². The fourth-order valence-corrected chi connectivity index (χ4v) is 3.99. The molecule has 1 aromatic heterocycles. The molecule has 0 unspecified atom stereocenters. The third-order valence-corrected chi connectivity index (χ3v) is 5.39. The van der Waals surface area contributed by atoms with Crippen LogP contribution in [0.25, 0.3) is 10.2 Å². The van der Waals surface area contributed by atoms with Crippen molar-refractivity contribution in [1.29, 1.82) is 0 Å². The van der Waals surface area contributed by atoms with Crippen LogP contribution in [0.1, 0.15) is 17.3 Å². The van der Waals surface area contributed by atoms with Crippen molar-refractivity contribution in [2.24, 2.45) is 4.99 Å². The van der Waals surface area contributed by atoms with Crippen molar-refractivity contribution < 1.29 is 14.3 Å². The predicted octanol–water partition coefficient (Wildman–Crippen LogP) is 3.11. The Kier molecular flexibility index (Phi) is 6.46. The van der Waals surface area contributed by atoms with Gasteiger partial charge in [0.15, 0.2) is 4.80 Å². The van der Waals surface area contributed by atoms with Crippen LogP contribution in [0, 0.1) is 0 Å². The van der Waals surface area contributed by atoms with Crippen LogP contribution < -0.4 is 15.0 Å². The van der Waals surface area contributed by atoms with E-state index in [1.54, 1.807) is 19.2 Å². The number of aromatic nitrogens is 1. The summed E-state index contributed by atoms with van der Waals surface area (Å²) in [5, 5.41) is 2.78. The lowest BCUT2D eigenvalue weighted by Gasteiger charge is -2.11. The fourth-order valence-electron chi connectivity index (χ4n) is 2.89. The highest BCUT2D eigenvalue weighted by atomic mass is 32.1. The van der Waals surface area contributed by atoms with Crippen molar-refractivity contribution in [3.05, 3.63) is 52.8 Å². The zero-order valence-corrected chi connectivity index (χ0v) is 17.7. The van der Waals surface area contributed by atoms with Gasteiger partial charge in [0.05, 0.1) is 16.8 Å². The van der Waals surface area contributed by atoms with Gasteiger partial charge >= 0.3 is 0 Å². The topological polar surface area (TPSA) is 75.9 Å². The number of amides is 2. The summed E-state index contributed by atoms with van der Waals surface area (Å²) in [5.41, 5.74) is 3.20. The molecule has 152 valence electrons. The molecule has 0 aliphatic heterocycles. The van der Waals surface area contributed by atoms with Crippen LogP contribution in [0.2, 0.25) is 0 Å². The lowest BCUT2D eigenvalue weighted by Crippen LogP contribution is -2.19. The van der Waals surface area contributed by atoms with Gasteiger partial charge in [0.25, 0.3) is 5.91 Å². The minimum Gasteiger partial charge on any atom is -0.383 e. The smallest absolute Gasteiger partial charge is 0.279 e. The van der Waals surface area contributed by atoms with Crippen LogP contribution in [0.4, 0.5) is 11.4 Å². The first-order valence-electron chi connectivity index (χ1n) is 9.15. The molecule has 0 saturated heterocycles. The summed E-state index contributed by atoms with van der Waals surface area (Å²) in [6.07, 6.45) is 0. The minimum atomic E-state index is -0.296. The Balaban J connectivity index is 2.03. The molecular formula is C21H24N4O3S. The van der Waals surface area contributed by atoms with E-state index in [0.717, 1.165) is 15.9 Å². The molecule has 0 spiro atoms. The molecule has 3 aromatic rings. The first-order valence-corrected chi connectivity index (χ1v) is 9.97. The molecule has 3 rings (SSSR count). The molecule has 0 aliphatic carbocycles. The van der Waals surface area contributed by atoms with Crippen LogP contribution in [0.15, 0.2) is 47.5 Å². The Morgan fingerprint density at radius 1 is 1.17 bits per heavy atom. The van der Waals surface area contributed by atoms with E-state index in [-0.39, 0.29) is 11.8 Å². The van der Waals surface area contributed by atoms with E-state index in [4.69, 9.17) is 4.74 Å². The van der Waals surface area contributed by atoms with Crippen molar-refractivity contribution in [1.82, 2.24) is 4.57 Å². The maximum absolute atomic E-state index is 12.7. The van der Waals surface area contributed by atoms with E-state index in [2.05, 4.69) is 10.3 Å². The molecule has 1 heterocycles. The molecule has 2 amide bonds. The largest absolute Gasteiger partial charge is 0.383 e. The van der Waals surface area contributed by atoms with Crippen LogP contribution in [0.3, 0.4) is 0 Å². The molecule has 7 nitrogen and oxygen atoms in total. The number of anilines is 2. The van der Waals surface area contributed by atoms with Crippen molar-refractivity contribution in [2.45, 2.75) is 13.5 Å². The number of methoxy groups -OCH3 is 1. The number of rotatable bonds is 6. The van der Waals surface area contributed by atoms with Gasteiger partial charge in [-0.25, -0.2) is 0 Å². The van der Waals surface area contributed by atoms with Gasteiger partial charge in [-0.2, -0.15) is 4.99 Å². The van der Waals surface area contributed by atoms with Crippen molar-refractivity contribution in [3.63, 3.8) is 0 Å². The van der Waals surface area contributed by atoms with Gasteiger partial charge in [0.1, 0.15) is 0 Å². The molecule has 0 fully saturated rings. The lowest BCUT2D eigenvalue weighted by atomic mass is 10.2. The average molecular weight is 413 g/mol. The van der Waals surface area contributed by atoms with Crippen molar-refractivity contribution >= 4 is 44.7 Å². The van der Waals surface area contributed by atoms with Crippen molar-refractivity contribution in [3.8, 4) is 0 Å². The number of ether oxygens (including phenoxy) is 1. The van der Waals surface area contributed by atoms with E-state index < -0.39 is 0 Å². The van der Waals surface area contributed by atoms with Gasteiger partial charge < -0.3 is 19.5 Å². The molecule has 1 N–H and O–H groups in total. The first-order chi connectivity index (χ1) is 13.9. The van der Waals surface area contributed by atoms with Crippen molar-refractivity contribution in [2.75, 3.05) is 38.0 Å². The predicted molar refractivity (Wildman–Crippen MR) is 117 cm³/mol. The van der Waals surface area contributed by atoms with E-state index in [1.807, 2.05) is 53.9 Å². The summed E-state index contributed by atoms with van der Waals surface area (Å²) in [6, 6.07) is 13.0. The van der Waals surface area contributed by atoms with E-state index in [9.17, 15) is 9.59 Å². The molecule has 0 saturated carbocycles. The molecule has 0 radical (unpaired) electrons. The normalized spacial score (nSPS) is 11.7. The second-order valence-corrected chi connectivity index (χ2v) is 7.76. The Labute approximate surface area is 173 Å². The van der Waals surface area contributed by atoms with Gasteiger partial charge in [0, 0.05) is 51.6 Å². The van der Waals surface area contributed by atoms with Gasteiger partial charge in [-0.1, -0.05) is 11.3 Å². The van der Waals surface area contributed by atoms with Crippen LogP contribution in [-0.4, -0.2) is 44.2 Å². The van der Waals surface area contributed by atoms with Gasteiger partial charge in [-0.05, 0) is 42.5 Å². The molecule has 0 atom stereocenters. The fraction of sp³-hybridized carbons (Fsp3) is 0.286. The number of benzene rings is 2. The Hall–Kier alpha value is -2.97. The molecule has 2 aromatic carbocycles. The van der Waals surface area contributed by atoms with Gasteiger partial charge in [-0.15, -0.1) is 0 Å². The number of carbonyl (C=O) groups is 2. The number of hydrogen-bond acceptors (Lipinski definition) is 5. The SMILES string of the molecule is COCCn1c(=NC(=O)c2ccc(N(C)C)cc2)sc2cc(NC(C)=O)ccc21. The molecular weight excluding hydrogens is 388 g/mol. The third kappa shape index (κ3) is 4.90. The molecule has 0 aliphatic rings. The summed E-state index contributed by atoms with van der Waals surface area (Å²) in [5.74, 6) is -0.426. The number of nitrogens with zero attached hydrogens (tertiary/aromatic N) is 3. The maximum atomic E-state index is 12.7. The standard InChI is InChI=1S/C21H24N4O3S/c1-14(26)22-16-7-10-18-19(13-16)29-21(25(18)11-12-28-4)23-20(27)15-5-8-17(9-6-15)24(2)3/h5-10,13H,11-12H2,1-4H3,(H,22,26). The highest BCUT2D eigenvalue weighted by molar-refractivity contribution is 7.16.